The largest absolute Gasteiger partial charge is 0.497 e. The molecule has 0 radical (unpaired) electrons. The quantitative estimate of drug-likeness (QED) is 0.624. The molecule has 0 amide bonds. The summed E-state index contributed by atoms with van der Waals surface area (Å²) in [6.07, 6.45) is 2.69. The summed E-state index contributed by atoms with van der Waals surface area (Å²) >= 11 is 5.63. The Kier molecular flexibility index (Phi) is 5.91. The second-order valence-corrected chi connectivity index (χ2v) is 10.6. The van der Waals surface area contributed by atoms with Crippen molar-refractivity contribution >= 4 is 22.1 Å². The van der Waals surface area contributed by atoms with Gasteiger partial charge in [0.1, 0.15) is 17.3 Å². The van der Waals surface area contributed by atoms with Gasteiger partial charge in [-0.2, -0.15) is 5.10 Å². The van der Waals surface area contributed by atoms with Crippen molar-refractivity contribution in [3.63, 3.8) is 0 Å². The Hall–Kier alpha value is -1.91. The minimum Gasteiger partial charge on any atom is -0.497 e. The summed E-state index contributed by atoms with van der Waals surface area (Å²) in [6, 6.07) is 6.05. The van der Waals surface area contributed by atoms with Gasteiger partial charge in [-0.05, 0) is 49.7 Å². The zero-order chi connectivity index (χ0) is 21.5. The Bertz CT molecular complexity index is 1090. The first-order valence-corrected chi connectivity index (χ1v) is 12.4. The maximum absolute atomic E-state index is 11.9. The highest BCUT2D eigenvalue weighted by Crippen LogP contribution is 2.39. The molecule has 2 fully saturated rings. The molecule has 0 spiro atoms. The standard InChI is InChI=1S/C20H28N4O4S2/c1-22-19(14-8-10-30(25,26)12-14)21-24(20(22)29)13-23-9-4-5-17(23)16-11-15(27-2)6-7-18(16)28-3/h6-7,11,14,17H,4-5,8-10,12-13H2,1-3H3/t14-,17-/m1/s1. The lowest BCUT2D eigenvalue weighted by Gasteiger charge is -2.26. The lowest BCUT2D eigenvalue weighted by Crippen LogP contribution is -2.27. The number of benzene rings is 1. The second kappa shape index (κ2) is 8.32. The van der Waals surface area contributed by atoms with Crippen LogP contribution in [0.15, 0.2) is 18.2 Å². The van der Waals surface area contributed by atoms with Crippen molar-refractivity contribution in [1.82, 2.24) is 19.2 Å². The molecular formula is C20H28N4O4S2. The van der Waals surface area contributed by atoms with Gasteiger partial charge in [0.15, 0.2) is 14.6 Å². The maximum Gasteiger partial charge on any atom is 0.198 e. The summed E-state index contributed by atoms with van der Waals surface area (Å²) in [4.78, 5) is 2.34. The number of likely N-dealkylation sites (tertiary alicyclic amines) is 1. The molecule has 4 rings (SSSR count). The van der Waals surface area contributed by atoms with E-state index in [1.807, 2.05) is 34.5 Å². The van der Waals surface area contributed by atoms with E-state index >= 15 is 0 Å². The van der Waals surface area contributed by atoms with Crippen LogP contribution in [0.2, 0.25) is 0 Å². The van der Waals surface area contributed by atoms with Crippen LogP contribution in [0, 0.1) is 4.77 Å². The monoisotopic (exact) mass is 452 g/mol. The first kappa shape index (κ1) is 21.3. The van der Waals surface area contributed by atoms with Gasteiger partial charge in [-0.3, -0.25) is 4.90 Å². The van der Waals surface area contributed by atoms with E-state index in [4.69, 9.17) is 26.8 Å². The summed E-state index contributed by atoms with van der Waals surface area (Å²) in [5, 5.41) is 4.74. The Balaban J connectivity index is 1.60. The zero-order valence-corrected chi connectivity index (χ0v) is 19.2. The van der Waals surface area contributed by atoms with Gasteiger partial charge in [-0.15, -0.1) is 0 Å². The number of ether oxygens (including phenoxy) is 2. The molecule has 2 aromatic rings. The molecule has 2 aliphatic rings. The van der Waals surface area contributed by atoms with Crippen molar-refractivity contribution in [3.8, 4) is 11.5 Å². The van der Waals surface area contributed by atoms with Gasteiger partial charge in [0.2, 0.25) is 0 Å². The lowest BCUT2D eigenvalue weighted by molar-refractivity contribution is 0.186. The van der Waals surface area contributed by atoms with Crippen molar-refractivity contribution in [1.29, 1.82) is 0 Å². The first-order valence-electron chi connectivity index (χ1n) is 10.1. The van der Waals surface area contributed by atoms with Crippen LogP contribution in [0.4, 0.5) is 0 Å². The summed E-state index contributed by atoms with van der Waals surface area (Å²) in [7, 11) is 2.24. The van der Waals surface area contributed by atoms with E-state index in [0.717, 1.165) is 42.3 Å². The molecule has 164 valence electrons. The Morgan fingerprint density at radius 1 is 1.23 bits per heavy atom. The van der Waals surface area contributed by atoms with Crippen LogP contribution in [0.5, 0.6) is 11.5 Å². The summed E-state index contributed by atoms with van der Waals surface area (Å²) in [5.74, 6) is 2.69. The SMILES string of the molecule is COc1ccc(OC)c([C@H]2CCCN2Cn2nc([C@@H]3CCS(=O)(=O)C3)n(C)c2=S)c1. The molecule has 3 heterocycles. The third-order valence-electron chi connectivity index (χ3n) is 6.15. The van der Waals surface area contributed by atoms with E-state index in [0.29, 0.717) is 17.9 Å². The van der Waals surface area contributed by atoms with Crippen LogP contribution < -0.4 is 9.47 Å². The van der Waals surface area contributed by atoms with Crippen molar-refractivity contribution in [2.45, 2.75) is 37.9 Å². The maximum atomic E-state index is 11.9. The van der Waals surface area contributed by atoms with E-state index in [1.165, 1.54) is 0 Å². The highest BCUT2D eigenvalue weighted by atomic mass is 32.2. The predicted molar refractivity (Wildman–Crippen MR) is 116 cm³/mol. The molecule has 2 saturated heterocycles. The van der Waals surface area contributed by atoms with Gasteiger partial charge in [-0.25, -0.2) is 13.1 Å². The third-order valence-corrected chi connectivity index (χ3v) is 8.40. The van der Waals surface area contributed by atoms with Crippen molar-refractivity contribution in [2.75, 3.05) is 32.3 Å². The van der Waals surface area contributed by atoms with E-state index in [2.05, 4.69) is 4.90 Å². The van der Waals surface area contributed by atoms with Crippen LogP contribution in [0.3, 0.4) is 0 Å². The minimum atomic E-state index is -2.98. The van der Waals surface area contributed by atoms with E-state index in [9.17, 15) is 8.42 Å². The molecule has 0 N–H and O–H groups in total. The Labute approximate surface area is 182 Å². The lowest BCUT2D eigenvalue weighted by atomic mass is 10.0. The van der Waals surface area contributed by atoms with Crippen molar-refractivity contribution < 1.29 is 17.9 Å². The average molecular weight is 453 g/mol. The molecule has 0 saturated carbocycles. The highest BCUT2D eigenvalue weighted by Gasteiger charge is 2.34. The van der Waals surface area contributed by atoms with Gasteiger partial charge < -0.3 is 14.0 Å². The van der Waals surface area contributed by atoms with Crippen LogP contribution in [-0.2, 0) is 23.6 Å². The molecule has 0 bridgehead atoms. The predicted octanol–water partition coefficient (Wildman–Crippen LogP) is 2.66. The van der Waals surface area contributed by atoms with Crippen LogP contribution >= 0.6 is 12.2 Å². The molecule has 0 aliphatic carbocycles. The molecule has 30 heavy (non-hydrogen) atoms. The summed E-state index contributed by atoms with van der Waals surface area (Å²) in [6.45, 7) is 1.48. The summed E-state index contributed by atoms with van der Waals surface area (Å²) in [5.41, 5.74) is 1.10. The van der Waals surface area contributed by atoms with Crippen LogP contribution in [0.1, 0.15) is 42.6 Å². The van der Waals surface area contributed by atoms with Crippen LogP contribution in [0.25, 0.3) is 0 Å². The van der Waals surface area contributed by atoms with Gasteiger partial charge >= 0.3 is 0 Å². The second-order valence-electron chi connectivity index (χ2n) is 8.02. The number of hydrogen-bond donors (Lipinski definition) is 0. The number of sulfone groups is 1. The van der Waals surface area contributed by atoms with E-state index in [1.54, 1.807) is 14.2 Å². The average Bonchev–Trinajstić information content (AvgIpc) is 3.41. The number of rotatable bonds is 6. The van der Waals surface area contributed by atoms with Gasteiger partial charge in [0, 0.05) is 31.1 Å². The number of aromatic nitrogens is 3. The number of methoxy groups -OCH3 is 2. The fourth-order valence-electron chi connectivity index (χ4n) is 4.57. The smallest absolute Gasteiger partial charge is 0.198 e. The minimum absolute atomic E-state index is 0.0872. The third kappa shape index (κ3) is 4.00. The molecule has 8 nitrogen and oxygen atoms in total. The normalized spacial score (nSPS) is 23.7. The van der Waals surface area contributed by atoms with Crippen LogP contribution in [-0.4, -0.2) is 59.9 Å². The molecule has 1 aromatic carbocycles. The number of nitrogens with zero attached hydrogens (tertiary/aromatic N) is 4. The molecule has 2 atom stereocenters. The fraction of sp³-hybridized carbons (Fsp3) is 0.600. The van der Waals surface area contributed by atoms with Gasteiger partial charge in [0.25, 0.3) is 0 Å². The van der Waals surface area contributed by atoms with Crippen molar-refractivity contribution in [2.24, 2.45) is 7.05 Å². The molecular weight excluding hydrogens is 424 g/mol. The molecule has 0 unspecified atom stereocenters. The molecule has 2 aliphatic heterocycles. The van der Waals surface area contributed by atoms with Gasteiger partial charge in [-0.1, -0.05) is 0 Å². The van der Waals surface area contributed by atoms with E-state index in [-0.39, 0.29) is 23.5 Å². The van der Waals surface area contributed by atoms with Crippen molar-refractivity contribution in [3.05, 3.63) is 34.4 Å². The Morgan fingerprint density at radius 3 is 2.70 bits per heavy atom. The molecule has 10 heteroatoms. The summed E-state index contributed by atoms with van der Waals surface area (Å²) < 4.78 is 39.1. The first-order chi connectivity index (χ1) is 14.3. The van der Waals surface area contributed by atoms with E-state index < -0.39 is 9.84 Å². The Morgan fingerprint density at radius 2 is 2.03 bits per heavy atom. The zero-order valence-electron chi connectivity index (χ0n) is 17.6. The van der Waals surface area contributed by atoms with Gasteiger partial charge in [0.05, 0.1) is 32.4 Å². The fourth-order valence-corrected chi connectivity index (χ4v) is 6.50. The molecule has 1 aromatic heterocycles. The highest BCUT2D eigenvalue weighted by molar-refractivity contribution is 7.91. The topological polar surface area (TPSA) is 78.6 Å². The number of hydrogen-bond acceptors (Lipinski definition) is 7.